The summed E-state index contributed by atoms with van der Waals surface area (Å²) in [5, 5.41) is 15.9. The van der Waals surface area contributed by atoms with Crippen LogP contribution in [-0.2, 0) is 20.8 Å². The van der Waals surface area contributed by atoms with Gasteiger partial charge in [0.1, 0.15) is 6.04 Å². The van der Waals surface area contributed by atoms with Gasteiger partial charge in [-0.2, -0.15) is 0 Å². The molecule has 3 amide bonds. The Morgan fingerprint density at radius 3 is 2.71 bits per heavy atom. The van der Waals surface area contributed by atoms with Crippen LogP contribution >= 0.6 is 0 Å². The summed E-state index contributed by atoms with van der Waals surface area (Å²) in [6.07, 6.45) is 5.30. The molecule has 0 saturated carbocycles. The van der Waals surface area contributed by atoms with E-state index in [0.29, 0.717) is 31.4 Å². The SMILES string of the molecule is NC(=O)C(CCCCCC(=O)NO)c1ccc2c(c1)NC(=O)[C@@H](Cc1c[nH]c3ccccc13)N2. The largest absolute Gasteiger partial charge is 0.372 e. The van der Waals surface area contributed by atoms with Crippen LogP contribution in [0.25, 0.3) is 10.9 Å². The van der Waals surface area contributed by atoms with Crippen LogP contribution in [0, 0.1) is 0 Å². The smallest absolute Gasteiger partial charge is 0.247 e. The van der Waals surface area contributed by atoms with Gasteiger partial charge in [-0.25, -0.2) is 5.48 Å². The van der Waals surface area contributed by atoms with Gasteiger partial charge in [0.2, 0.25) is 17.7 Å². The number of nitrogens with two attached hydrogens (primary N) is 1. The quantitative estimate of drug-likeness (QED) is 0.155. The zero-order chi connectivity index (χ0) is 24.1. The average molecular weight is 464 g/mol. The van der Waals surface area contributed by atoms with Crippen molar-refractivity contribution in [1.82, 2.24) is 10.5 Å². The summed E-state index contributed by atoms with van der Waals surface area (Å²) in [7, 11) is 0. The summed E-state index contributed by atoms with van der Waals surface area (Å²) >= 11 is 0. The number of H-pyrrole nitrogens is 1. The Morgan fingerprint density at radius 2 is 1.91 bits per heavy atom. The number of benzene rings is 2. The zero-order valence-electron chi connectivity index (χ0n) is 18.8. The fourth-order valence-electron chi connectivity index (χ4n) is 4.49. The number of rotatable bonds is 10. The van der Waals surface area contributed by atoms with Crippen molar-refractivity contribution in [2.24, 2.45) is 5.73 Å². The van der Waals surface area contributed by atoms with Gasteiger partial charge in [0.05, 0.1) is 17.3 Å². The fraction of sp³-hybridized carbons (Fsp3) is 0.320. The van der Waals surface area contributed by atoms with Crippen molar-refractivity contribution in [2.45, 2.75) is 50.5 Å². The summed E-state index contributed by atoms with van der Waals surface area (Å²) in [4.78, 5) is 39.3. The first kappa shape index (κ1) is 23.3. The van der Waals surface area contributed by atoms with E-state index in [-0.39, 0.29) is 12.3 Å². The molecule has 1 aromatic heterocycles. The van der Waals surface area contributed by atoms with Gasteiger partial charge in [0.25, 0.3) is 0 Å². The number of primary amides is 1. The van der Waals surface area contributed by atoms with Crippen LogP contribution in [0.3, 0.4) is 0 Å². The molecule has 9 nitrogen and oxygen atoms in total. The van der Waals surface area contributed by atoms with Crippen LogP contribution in [0.15, 0.2) is 48.7 Å². The van der Waals surface area contributed by atoms with Crippen LogP contribution in [0.4, 0.5) is 11.4 Å². The summed E-state index contributed by atoms with van der Waals surface area (Å²) in [5.41, 5.74) is 11.5. The second kappa shape index (κ2) is 10.4. The predicted molar refractivity (Wildman–Crippen MR) is 129 cm³/mol. The Bertz CT molecular complexity index is 1200. The monoisotopic (exact) mass is 463 g/mol. The van der Waals surface area contributed by atoms with Gasteiger partial charge in [-0.3, -0.25) is 19.6 Å². The fourth-order valence-corrected chi connectivity index (χ4v) is 4.49. The first-order valence-electron chi connectivity index (χ1n) is 11.4. The van der Waals surface area contributed by atoms with Crippen molar-refractivity contribution in [1.29, 1.82) is 0 Å². The molecule has 0 bridgehead atoms. The molecule has 2 heterocycles. The van der Waals surface area contributed by atoms with Crippen molar-refractivity contribution < 1.29 is 19.6 Å². The van der Waals surface area contributed by atoms with E-state index in [4.69, 9.17) is 10.9 Å². The van der Waals surface area contributed by atoms with Crippen LogP contribution in [0.1, 0.15) is 49.1 Å². The van der Waals surface area contributed by atoms with Gasteiger partial charge in [-0.15, -0.1) is 0 Å². The van der Waals surface area contributed by atoms with Gasteiger partial charge in [-0.1, -0.05) is 37.1 Å². The number of amides is 3. The Morgan fingerprint density at radius 1 is 1.09 bits per heavy atom. The number of hydrogen-bond acceptors (Lipinski definition) is 5. The molecule has 34 heavy (non-hydrogen) atoms. The average Bonchev–Trinajstić information content (AvgIpc) is 3.24. The van der Waals surface area contributed by atoms with Crippen molar-refractivity contribution in [3.8, 4) is 0 Å². The standard InChI is InChI=1S/C25H29N5O4/c26-24(32)18(7-2-1-3-9-23(31)30-34)15-10-11-20-21(12-15)29-25(33)22(28-20)13-16-14-27-19-8-5-4-6-17(16)19/h4-6,8,10-12,14,18,22,27-28,34H,1-3,7,9,13H2,(H2,26,32)(H,29,33)(H,30,31)/t18?,22-/m1/s1. The molecule has 4 rings (SSSR count). The number of carbonyl (C=O) groups excluding carboxylic acids is 3. The number of fused-ring (bicyclic) bond motifs is 2. The van der Waals surface area contributed by atoms with E-state index in [9.17, 15) is 14.4 Å². The summed E-state index contributed by atoms with van der Waals surface area (Å²) in [5.74, 6) is -1.47. The first-order valence-corrected chi connectivity index (χ1v) is 11.4. The Kier molecular flexibility index (Phi) is 7.12. The van der Waals surface area contributed by atoms with Gasteiger partial charge < -0.3 is 21.4 Å². The van der Waals surface area contributed by atoms with Gasteiger partial charge in [0.15, 0.2) is 0 Å². The molecule has 3 aromatic rings. The lowest BCUT2D eigenvalue weighted by Crippen LogP contribution is -2.40. The minimum Gasteiger partial charge on any atom is -0.372 e. The summed E-state index contributed by atoms with van der Waals surface area (Å²) < 4.78 is 0. The van der Waals surface area contributed by atoms with Crippen LogP contribution in [-0.4, -0.2) is 34.0 Å². The van der Waals surface area contributed by atoms with Crippen molar-refractivity contribution >= 4 is 40.0 Å². The van der Waals surface area contributed by atoms with E-state index < -0.39 is 23.8 Å². The highest BCUT2D eigenvalue weighted by atomic mass is 16.5. The lowest BCUT2D eigenvalue weighted by Gasteiger charge is -2.28. The molecule has 0 fully saturated rings. The van der Waals surface area contributed by atoms with Gasteiger partial charge in [-0.05, 0) is 42.2 Å². The summed E-state index contributed by atoms with van der Waals surface area (Å²) in [6, 6.07) is 13.1. The number of para-hydroxylation sites is 1. The topological polar surface area (TPSA) is 149 Å². The van der Waals surface area contributed by atoms with E-state index in [0.717, 1.165) is 34.1 Å². The molecule has 7 N–H and O–H groups in total. The number of aromatic amines is 1. The maximum Gasteiger partial charge on any atom is 0.247 e. The number of aromatic nitrogens is 1. The van der Waals surface area contributed by atoms with Crippen molar-refractivity contribution in [3.63, 3.8) is 0 Å². The lowest BCUT2D eigenvalue weighted by molar-refractivity contribution is -0.129. The molecular formula is C25H29N5O4. The van der Waals surface area contributed by atoms with Crippen LogP contribution < -0.4 is 21.8 Å². The molecule has 178 valence electrons. The molecule has 0 aliphatic carbocycles. The van der Waals surface area contributed by atoms with Crippen LogP contribution in [0.5, 0.6) is 0 Å². The third-order valence-corrected chi connectivity index (χ3v) is 6.31. The molecule has 1 aliphatic rings. The van der Waals surface area contributed by atoms with Gasteiger partial charge >= 0.3 is 0 Å². The van der Waals surface area contributed by atoms with E-state index in [1.165, 1.54) is 0 Å². The van der Waals surface area contributed by atoms with Crippen molar-refractivity contribution in [2.75, 3.05) is 10.6 Å². The van der Waals surface area contributed by atoms with E-state index in [2.05, 4.69) is 15.6 Å². The predicted octanol–water partition coefficient (Wildman–Crippen LogP) is 3.17. The Hall–Kier alpha value is -3.85. The molecular weight excluding hydrogens is 434 g/mol. The normalized spacial score (nSPS) is 15.8. The number of hydroxylamine groups is 1. The number of hydrogen-bond donors (Lipinski definition) is 6. The minimum atomic E-state index is -0.488. The second-order valence-electron chi connectivity index (χ2n) is 8.64. The third kappa shape index (κ3) is 5.20. The molecule has 0 radical (unpaired) electrons. The molecule has 9 heteroatoms. The highest BCUT2D eigenvalue weighted by Crippen LogP contribution is 2.33. The van der Waals surface area contributed by atoms with Crippen LogP contribution in [0.2, 0.25) is 0 Å². The maximum atomic E-state index is 12.8. The third-order valence-electron chi connectivity index (χ3n) is 6.31. The molecule has 2 atom stereocenters. The number of nitrogens with one attached hydrogen (secondary N) is 4. The maximum absolute atomic E-state index is 12.8. The highest BCUT2D eigenvalue weighted by Gasteiger charge is 2.28. The molecule has 0 spiro atoms. The molecule has 0 saturated heterocycles. The van der Waals surface area contributed by atoms with E-state index in [1.54, 1.807) is 11.5 Å². The summed E-state index contributed by atoms with van der Waals surface area (Å²) in [6.45, 7) is 0. The molecule has 1 unspecified atom stereocenters. The number of unbranched alkanes of at least 4 members (excludes halogenated alkanes) is 2. The second-order valence-corrected chi connectivity index (χ2v) is 8.64. The molecule has 1 aliphatic heterocycles. The first-order chi connectivity index (χ1) is 16.5. The van der Waals surface area contributed by atoms with E-state index in [1.807, 2.05) is 42.6 Å². The lowest BCUT2D eigenvalue weighted by atomic mass is 9.91. The molecule has 2 aromatic carbocycles. The Labute approximate surface area is 197 Å². The Balaban J connectivity index is 1.41. The van der Waals surface area contributed by atoms with Gasteiger partial charge in [0, 0.05) is 29.9 Å². The minimum absolute atomic E-state index is 0.132. The highest BCUT2D eigenvalue weighted by molar-refractivity contribution is 6.03. The van der Waals surface area contributed by atoms with E-state index >= 15 is 0 Å². The van der Waals surface area contributed by atoms with Crippen molar-refractivity contribution in [3.05, 3.63) is 59.8 Å². The zero-order valence-corrected chi connectivity index (χ0v) is 18.8. The number of anilines is 2. The number of carbonyl (C=O) groups is 3.